The van der Waals surface area contributed by atoms with E-state index in [0.717, 1.165) is 11.0 Å². The molecule has 9 heteroatoms. The Bertz CT molecular complexity index is 1310. The van der Waals surface area contributed by atoms with E-state index in [9.17, 15) is 13.2 Å². The van der Waals surface area contributed by atoms with Gasteiger partial charge in [-0.1, -0.05) is 29.5 Å². The van der Waals surface area contributed by atoms with E-state index in [1.807, 2.05) is 12.1 Å². The van der Waals surface area contributed by atoms with Crippen molar-refractivity contribution in [2.45, 2.75) is 11.4 Å². The summed E-state index contributed by atoms with van der Waals surface area (Å²) in [6.45, 7) is 0.103. The summed E-state index contributed by atoms with van der Waals surface area (Å²) in [5.74, 6) is 0.661. The number of furan rings is 1. The minimum atomic E-state index is -3.60. The third-order valence-electron chi connectivity index (χ3n) is 4.48. The molecule has 154 valence electrons. The molecule has 0 bridgehead atoms. The number of carbonyl (C=O) groups is 1. The predicted molar refractivity (Wildman–Crippen MR) is 115 cm³/mol. The normalized spacial score (nSPS) is 11.5. The van der Waals surface area contributed by atoms with Gasteiger partial charge in [-0.25, -0.2) is 13.4 Å². The molecule has 2 aromatic carbocycles. The van der Waals surface area contributed by atoms with E-state index in [4.69, 9.17) is 9.15 Å². The van der Waals surface area contributed by atoms with Gasteiger partial charge >= 0.3 is 0 Å². The van der Waals surface area contributed by atoms with E-state index < -0.39 is 15.7 Å². The molecule has 2 heterocycles. The number of hydrogen-bond acceptors (Lipinski definition) is 7. The van der Waals surface area contributed by atoms with E-state index in [1.54, 1.807) is 37.4 Å². The molecule has 0 unspecified atom stereocenters. The molecule has 4 rings (SSSR count). The van der Waals surface area contributed by atoms with Crippen molar-refractivity contribution in [1.82, 2.24) is 4.98 Å². The third-order valence-corrected chi connectivity index (χ3v) is 6.68. The number of anilines is 1. The number of ether oxygens (including phenoxy) is 1. The summed E-state index contributed by atoms with van der Waals surface area (Å²) in [6, 6.07) is 15.2. The molecule has 7 nitrogen and oxygen atoms in total. The maximum absolute atomic E-state index is 13.5. The Hall–Kier alpha value is -3.17. The maximum Gasteiger partial charge on any atom is 0.261 e. The number of benzene rings is 2. The summed E-state index contributed by atoms with van der Waals surface area (Å²) >= 11 is 1.32. The summed E-state index contributed by atoms with van der Waals surface area (Å²) in [5.41, 5.74) is 0.714. The lowest BCUT2D eigenvalue weighted by atomic mass is 10.2. The number of rotatable bonds is 6. The molecule has 0 aliphatic carbocycles. The second kappa shape index (κ2) is 7.92. The number of carbonyl (C=O) groups excluding carboxylic acids is 1. The number of thiazole rings is 1. The van der Waals surface area contributed by atoms with Crippen LogP contribution in [0.4, 0.5) is 5.13 Å². The molecule has 0 aliphatic rings. The monoisotopic (exact) mass is 442 g/mol. The minimum absolute atomic E-state index is 0.0295. The average molecular weight is 443 g/mol. The van der Waals surface area contributed by atoms with Crippen molar-refractivity contribution in [3.05, 3.63) is 72.2 Å². The van der Waals surface area contributed by atoms with Crippen molar-refractivity contribution in [1.29, 1.82) is 0 Å². The van der Waals surface area contributed by atoms with Crippen LogP contribution in [-0.2, 0) is 16.4 Å². The Morgan fingerprint density at radius 2 is 1.93 bits per heavy atom. The van der Waals surface area contributed by atoms with E-state index in [-0.39, 0.29) is 17.0 Å². The van der Waals surface area contributed by atoms with Gasteiger partial charge in [0.15, 0.2) is 15.0 Å². The number of hydrogen-bond donors (Lipinski definition) is 0. The Morgan fingerprint density at radius 1 is 1.13 bits per heavy atom. The maximum atomic E-state index is 13.5. The first-order valence-corrected chi connectivity index (χ1v) is 11.7. The molecule has 0 atom stereocenters. The zero-order valence-corrected chi connectivity index (χ0v) is 17.9. The molecule has 0 N–H and O–H groups in total. The fourth-order valence-electron chi connectivity index (χ4n) is 3.09. The average Bonchev–Trinajstić information content (AvgIpc) is 3.40. The summed E-state index contributed by atoms with van der Waals surface area (Å²) in [6.07, 6.45) is 2.60. The van der Waals surface area contributed by atoms with Crippen LogP contribution in [0, 0.1) is 0 Å². The van der Waals surface area contributed by atoms with Crippen LogP contribution in [0.25, 0.3) is 10.2 Å². The second-order valence-electron chi connectivity index (χ2n) is 6.54. The van der Waals surface area contributed by atoms with Gasteiger partial charge in [0.05, 0.1) is 35.1 Å². The van der Waals surface area contributed by atoms with Gasteiger partial charge in [0.25, 0.3) is 5.91 Å². The van der Waals surface area contributed by atoms with Crippen LogP contribution in [0.15, 0.2) is 70.2 Å². The molecule has 0 fully saturated rings. The quantitative estimate of drug-likeness (QED) is 0.446. The first-order chi connectivity index (χ1) is 14.4. The molecule has 4 aromatic rings. The Balaban J connectivity index is 1.85. The molecule has 0 saturated heterocycles. The summed E-state index contributed by atoms with van der Waals surface area (Å²) in [7, 11) is -2.04. The first-order valence-electron chi connectivity index (χ1n) is 8.95. The lowest BCUT2D eigenvalue weighted by Crippen LogP contribution is -2.31. The molecular weight excluding hydrogens is 424 g/mol. The summed E-state index contributed by atoms with van der Waals surface area (Å²) in [4.78, 5) is 19.5. The van der Waals surface area contributed by atoms with Gasteiger partial charge in [-0.2, -0.15) is 0 Å². The van der Waals surface area contributed by atoms with Crippen molar-refractivity contribution < 1.29 is 22.4 Å². The Labute approximate surface area is 177 Å². The van der Waals surface area contributed by atoms with Crippen molar-refractivity contribution in [3.8, 4) is 5.75 Å². The highest BCUT2D eigenvalue weighted by Crippen LogP contribution is 2.35. The predicted octanol–water partition coefficient (Wildman–Crippen LogP) is 4.15. The number of nitrogens with zero attached hydrogens (tertiary/aromatic N) is 2. The Kier molecular flexibility index (Phi) is 5.31. The highest BCUT2D eigenvalue weighted by Gasteiger charge is 2.27. The smallest absolute Gasteiger partial charge is 0.261 e. The minimum Gasteiger partial charge on any atom is -0.494 e. The number of sulfone groups is 1. The number of fused-ring (bicyclic) bond motifs is 1. The van der Waals surface area contributed by atoms with Crippen LogP contribution in [-0.4, -0.2) is 32.7 Å². The van der Waals surface area contributed by atoms with Crippen LogP contribution in [0.2, 0.25) is 0 Å². The van der Waals surface area contributed by atoms with Gasteiger partial charge in [0.1, 0.15) is 17.0 Å². The topological polar surface area (TPSA) is 89.7 Å². The fourth-order valence-corrected chi connectivity index (χ4v) is 4.95. The van der Waals surface area contributed by atoms with E-state index >= 15 is 0 Å². The van der Waals surface area contributed by atoms with Crippen LogP contribution in [0.3, 0.4) is 0 Å². The highest BCUT2D eigenvalue weighted by atomic mass is 32.2. The van der Waals surface area contributed by atoms with Gasteiger partial charge in [-0.05, 0) is 36.4 Å². The third kappa shape index (κ3) is 3.81. The lowest BCUT2D eigenvalue weighted by molar-refractivity contribution is 0.0980. The zero-order chi connectivity index (χ0) is 21.3. The van der Waals surface area contributed by atoms with Gasteiger partial charge in [-0.3, -0.25) is 9.69 Å². The number of aromatic nitrogens is 1. The molecule has 1 amide bonds. The lowest BCUT2D eigenvalue weighted by Gasteiger charge is -2.20. The number of methoxy groups -OCH3 is 1. The standard InChI is InChI=1S/C21H18N2O5S2/c1-27-16-9-5-10-17-19(16)22-21(29-17)23(13-14-7-6-12-28-14)20(24)15-8-3-4-11-18(15)30(2,25)26/h3-12H,13H2,1-2H3. The summed E-state index contributed by atoms with van der Waals surface area (Å²) in [5, 5.41) is 0.416. The molecular formula is C21H18N2O5S2. The highest BCUT2D eigenvalue weighted by molar-refractivity contribution is 7.90. The largest absolute Gasteiger partial charge is 0.494 e. The van der Waals surface area contributed by atoms with Crippen molar-refractivity contribution in [3.63, 3.8) is 0 Å². The fraction of sp³-hybridized carbons (Fsp3) is 0.143. The van der Waals surface area contributed by atoms with Gasteiger partial charge in [0.2, 0.25) is 0 Å². The Morgan fingerprint density at radius 3 is 2.63 bits per heavy atom. The molecule has 30 heavy (non-hydrogen) atoms. The van der Waals surface area contributed by atoms with Gasteiger partial charge in [-0.15, -0.1) is 0 Å². The molecule has 0 radical (unpaired) electrons. The molecule has 2 aromatic heterocycles. The van der Waals surface area contributed by atoms with Gasteiger partial charge in [0, 0.05) is 6.26 Å². The van der Waals surface area contributed by atoms with Crippen molar-refractivity contribution in [2.75, 3.05) is 18.3 Å². The van der Waals surface area contributed by atoms with E-state index in [2.05, 4.69) is 4.98 Å². The SMILES string of the molecule is COc1cccc2sc(N(Cc3ccco3)C(=O)c3ccccc3S(C)(=O)=O)nc12. The second-order valence-corrected chi connectivity index (χ2v) is 9.54. The number of amides is 1. The summed E-state index contributed by atoms with van der Waals surface area (Å²) < 4.78 is 36.1. The van der Waals surface area contributed by atoms with Crippen LogP contribution in [0.5, 0.6) is 5.75 Å². The van der Waals surface area contributed by atoms with Crippen molar-refractivity contribution >= 4 is 42.4 Å². The van der Waals surface area contributed by atoms with E-state index in [0.29, 0.717) is 22.2 Å². The van der Waals surface area contributed by atoms with Gasteiger partial charge < -0.3 is 9.15 Å². The molecule has 0 aliphatic heterocycles. The molecule has 0 spiro atoms. The van der Waals surface area contributed by atoms with Crippen LogP contribution >= 0.6 is 11.3 Å². The van der Waals surface area contributed by atoms with Crippen LogP contribution < -0.4 is 9.64 Å². The molecule has 0 saturated carbocycles. The zero-order valence-electron chi connectivity index (χ0n) is 16.2. The van der Waals surface area contributed by atoms with Crippen LogP contribution in [0.1, 0.15) is 16.1 Å². The first kappa shape index (κ1) is 20.1. The van der Waals surface area contributed by atoms with E-state index in [1.165, 1.54) is 34.6 Å². The van der Waals surface area contributed by atoms with Crippen molar-refractivity contribution in [2.24, 2.45) is 0 Å². The number of para-hydroxylation sites is 1.